The summed E-state index contributed by atoms with van der Waals surface area (Å²) < 4.78 is 24.4. The molecule has 0 saturated heterocycles. The molecule has 2 aromatic carbocycles. The van der Waals surface area contributed by atoms with E-state index in [2.05, 4.69) is 5.32 Å². The first-order valence-electron chi connectivity index (χ1n) is 7.83. The third-order valence-corrected chi connectivity index (χ3v) is 3.94. The van der Waals surface area contributed by atoms with E-state index in [1.165, 1.54) is 19.2 Å². The lowest BCUT2D eigenvalue weighted by atomic mass is 10.1. The highest BCUT2D eigenvalue weighted by Gasteiger charge is 2.30. The van der Waals surface area contributed by atoms with Gasteiger partial charge < -0.3 is 14.8 Å². The third kappa shape index (κ3) is 5.44. The molecule has 1 amide bonds. The second-order valence-electron chi connectivity index (χ2n) is 6.06. The van der Waals surface area contributed by atoms with Crippen LogP contribution in [0.25, 0.3) is 0 Å². The molecular formula is C19H21ClFNO3. The van der Waals surface area contributed by atoms with Crippen molar-refractivity contribution in [3.63, 3.8) is 0 Å². The Morgan fingerprint density at radius 3 is 2.52 bits per heavy atom. The summed E-state index contributed by atoms with van der Waals surface area (Å²) in [6, 6.07) is 12.9. The molecule has 1 atom stereocenters. The van der Waals surface area contributed by atoms with Crippen LogP contribution in [0.1, 0.15) is 25.5 Å². The summed E-state index contributed by atoms with van der Waals surface area (Å²) in [5.41, 5.74) is -0.437. The maximum atomic E-state index is 13.4. The Balaban J connectivity index is 1.98. The molecule has 0 aliphatic rings. The molecule has 25 heavy (non-hydrogen) atoms. The Morgan fingerprint density at radius 2 is 1.92 bits per heavy atom. The van der Waals surface area contributed by atoms with Gasteiger partial charge in [0.15, 0.2) is 5.60 Å². The lowest BCUT2D eigenvalue weighted by Gasteiger charge is -2.26. The fourth-order valence-electron chi connectivity index (χ4n) is 2.29. The van der Waals surface area contributed by atoms with Crippen LogP contribution in [0, 0.1) is 5.82 Å². The Morgan fingerprint density at radius 1 is 1.24 bits per heavy atom. The van der Waals surface area contributed by atoms with Gasteiger partial charge in [0.05, 0.1) is 6.10 Å². The van der Waals surface area contributed by atoms with Gasteiger partial charge in [-0.1, -0.05) is 23.7 Å². The first-order chi connectivity index (χ1) is 11.8. The summed E-state index contributed by atoms with van der Waals surface area (Å²) in [7, 11) is 1.51. The topological polar surface area (TPSA) is 47.6 Å². The first-order valence-corrected chi connectivity index (χ1v) is 8.21. The number of halogens is 2. The van der Waals surface area contributed by atoms with Gasteiger partial charge in [0.1, 0.15) is 11.6 Å². The Labute approximate surface area is 151 Å². The van der Waals surface area contributed by atoms with Crippen LogP contribution < -0.4 is 10.1 Å². The van der Waals surface area contributed by atoms with Crippen LogP contribution in [0.2, 0.25) is 5.02 Å². The molecule has 0 radical (unpaired) electrons. The number of hydrogen-bond donors (Lipinski definition) is 1. The van der Waals surface area contributed by atoms with E-state index >= 15 is 0 Å². The van der Waals surface area contributed by atoms with Crippen molar-refractivity contribution in [2.75, 3.05) is 13.7 Å². The van der Waals surface area contributed by atoms with E-state index in [1.54, 1.807) is 50.2 Å². The van der Waals surface area contributed by atoms with Crippen LogP contribution >= 0.6 is 11.6 Å². The molecular weight excluding hydrogens is 345 g/mol. The van der Waals surface area contributed by atoms with Gasteiger partial charge in [-0.2, -0.15) is 0 Å². The van der Waals surface area contributed by atoms with Gasteiger partial charge in [-0.15, -0.1) is 0 Å². The standard InChI is InChI=1S/C19H21ClFNO3/c1-19(2,25-16-9-7-14(20)8-10-16)18(23)22-12-17(24-3)13-5-4-6-15(21)11-13/h4-11,17H,12H2,1-3H3,(H,22,23)/t17-/m1/s1. The van der Waals surface area contributed by atoms with Gasteiger partial charge in [-0.05, 0) is 55.8 Å². The van der Waals surface area contributed by atoms with Crippen LogP contribution in [0.3, 0.4) is 0 Å². The molecule has 134 valence electrons. The molecule has 1 N–H and O–H groups in total. The zero-order valence-corrected chi connectivity index (χ0v) is 15.1. The normalized spacial score (nSPS) is 12.5. The van der Waals surface area contributed by atoms with E-state index in [0.29, 0.717) is 16.3 Å². The van der Waals surface area contributed by atoms with Crippen molar-refractivity contribution in [3.8, 4) is 5.75 Å². The molecule has 0 aliphatic carbocycles. The summed E-state index contributed by atoms with van der Waals surface area (Å²) in [5, 5.41) is 3.38. The van der Waals surface area contributed by atoms with E-state index in [4.69, 9.17) is 21.1 Å². The highest BCUT2D eigenvalue weighted by Crippen LogP contribution is 2.22. The molecule has 0 unspecified atom stereocenters. The number of nitrogens with one attached hydrogen (secondary N) is 1. The molecule has 0 aliphatic heterocycles. The molecule has 2 aromatic rings. The molecule has 0 aromatic heterocycles. The molecule has 0 fully saturated rings. The summed E-state index contributed by atoms with van der Waals surface area (Å²) in [5.74, 6) is -0.115. The van der Waals surface area contributed by atoms with Gasteiger partial charge in [0.2, 0.25) is 0 Å². The minimum absolute atomic E-state index is 0.201. The predicted octanol–water partition coefficient (Wildman–Crippen LogP) is 4.14. The number of amides is 1. The number of methoxy groups -OCH3 is 1. The SMILES string of the molecule is CO[C@H](CNC(=O)C(C)(C)Oc1ccc(Cl)cc1)c1cccc(F)c1. The number of ether oxygens (including phenoxy) is 2. The monoisotopic (exact) mass is 365 g/mol. The van der Waals surface area contributed by atoms with Crippen molar-refractivity contribution in [1.82, 2.24) is 5.32 Å². The maximum absolute atomic E-state index is 13.4. The summed E-state index contributed by atoms with van der Waals surface area (Å²) in [6.07, 6.45) is -0.453. The van der Waals surface area contributed by atoms with E-state index in [9.17, 15) is 9.18 Å². The van der Waals surface area contributed by atoms with Gasteiger partial charge in [0.25, 0.3) is 5.91 Å². The Kier molecular flexibility index (Phi) is 6.39. The number of carbonyl (C=O) groups excluding carboxylic acids is 1. The predicted molar refractivity (Wildman–Crippen MR) is 95.3 cm³/mol. The van der Waals surface area contributed by atoms with Gasteiger partial charge >= 0.3 is 0 Å². The number of hydrogen-bond acceptors (Lipinski definition) is 3. The lowest BCUT2D eigenvalue weighted by molar-refractivity contribution is -0.134. The zero-order valence-electron chi connectivity index (χ0n) is 14.4. The molecule has 0 heterocycles. The van der Waals surface area contributed by atoms with Gasteiger partial charge in [0, 0.05) is 18.7 Å². The molecule has 2 rings (SSSR count). The number of benzene rings is 2. The summed E-state index contributed by atoms with van der Waals surface area (Å²) in [4.78, 5) is 12.5. The highest BCUT2D eigenvalue weighted by atomic mass is 35.5. The largest absolute Gasteiger partial charge is 0.478 e. The smallest absolute Gasteiger partial charge is 0.263 e. The summed E-state index contributed by atoms with van der Waals surface area (Å²) >= 11 is 5.84. The average molecular weight is 366 g/mol. The Bertz CT molecular complexity index is 719. The van der Waals surface area contributed by atoms with Crippen molar-refractivity contribution in [1.29, 1.82) is 0 Å². The quantitative estimate of drug-likeness (QED) is 0.802. The minimum atomic E-state index is -1.09. The van der Waals surface area contributed by atoms with E-state index in [1.807, 2.05) is 0 Å². The van der Waals surface area contributed by atoms with E-state index in [0.717, 1.165) is 0 Å². The van der Waals surface area contributed by atoms with Crippen LogP contribution in [-0.4, -0.2) is 25.2 Å². The van der Waals surface area contributed by atoms with Crippen LogP contribution in [0.5, 0.6) is 5.75 Å². The fourth-order valence-corrected chi connectivity index (χ4v) is 2.41. The lowest BCUT2D eigenvalue weighted by Crippen LogP contribution is -2.47. The summed E-state index contributed by atoms with van der Waals surface area (Å²) in [6.45, 7) is 3.54. The van der Waals surface area contributed by atoms with E-state index < -0.39 is 11.7 Å². The van der Waals surface area contributed by atoms with Gasteiger partial charge in [-0.25, -0.2) is 4.39 Å². The number of rotatable bonds is 7. The van der Waals surface area contributed by atoms with Crippen molar-refractivity contribution >= 4 is 17.5 Å². The van der Waals surface area contributed by atoms with E-state index in [-0.39, 0.29) is 18.3 Å². The minimum Gasteiger partial charge on any atom is -0.478 e. The van der Waals surface area contributed by atoms with Crippen molar-refractivity contribution < 1.29 is 18.7 Å². The molecule has 6 heteroatoms. The first kappa shape index (κ1) is 19.2. The molecule has 0 saturated carbocycles. The third-order valence-electron chi connectivity index (χ3n) is 3.69. The highest BCUT2D eigenvalue weighted by molar-refractivity contribution is 6.30. The second-order valence-corrected chi connectivity index (χ2v) is 6.49. The van der Waals surface area contributed by atoms with Crippen LogP contribution in [0.15, 0.2) is 48.5 Å². The van der Waals surface area contributed by atoms with Gasteiger partial charge in [-0.3, -0.25) is 4.79 Å². The van der Waals surface area contributed by atoms with Crippen molar-refractivity contribution in [2.45, 2.75) is 25.6 Å². The fraction of sp³-hybridized carbons (Fsp3) is 0.316. The van der Waals surface area contributed by atoms with Crippen LogP contribution in [-0.2, 0) is 9.53 Å². The maximum Gasteiger partial charge on any atom is 0.263 e. The molecule has 0 bridgehead atoms. The molecule has 4 nitrogen and oxygen atoms in total. The second kappa shape index (κ2) is 8.32. The van der Waals surface area contributed by atoms with Crippen LogP contribution in [0.4, 0.5) is 4.39 Å². The Hall–Kier alpha value is -2.11. The number of carbonyl (C=O) groups is 1. The average Bonchev–Trinajstić information content (AvgIpc) is 2.57. The van der Waals surface area contributed by atoms with Crippen molar-refractivity contribution in [2.24, 2.45) is 0 Å². The zero-order chi connectivity index (χ0) is 18.4. The molecule has 0 spiro atoms. The van der Waals surface area contributed by atoms with Crippen molar-refractivity contribution in [3.05, 3.63) is 64.9 Å².